The molecule has 0 spiro atoms. The second-order valence-electron chi connectivity index (χ2n) is 10.4. The Balaban J connectivity index is 1.30. The van der Waals surface area contributed by atoms with Gasteiger partial charge in [0, 0.05) is 31.6 Å². The number of ether oxygens (including phenoxy) is 2. The van der Waals surface area contributed by atoms with Crippen molar-refractivity contribution in [3.63, 3.8) is 0 Å². The van der Waals surface area contributed by atoms with Crippen molar-refractivity contribution in [2.45, 2.75) is 58.9 Å². The Labute approximate surface area is 196 Å². The number of carbonyl (C=O) groups is 2. The molecule has 0 aromatic carbocycles. The van der Waals surface area contributed by atoms with Crippen LogP contribution >= 0.6 is 0 Å². The monoisotopic (exact) mass is 453 g/mol. The van der Waals surface area contributed by atoms with Gasteiger partial charge in [-0.2, -0.15) is 5.26 Å². The van der Waals surface area contributed by atoms with E-state index < -0.39 is 5.97 Å². The molecule has 1 N–H and O–H groups in total. The quantitative estimate of drug-likeness (QED) is 0.351. The lowest BCUT2D eigenvalue weighted by atomic mass is 9.49. The molecule has 4 bridgehead atoms. The van der Waals surface area contributed by atoms with Crippen molar-refractivity contribution in [2.24, 2.45) is 23.2 Å². The highest BCUT2D eigenvalue weighted by atomic mass is 16.5. The number of nitrogens with one attached hydrogen (secondary N) is 1. The smallest absolute Gasteiger partial charge is 0.349 e. The zero-order valence-electron chi connectivity index (χ0n) is 20.0. The predicted octanol–water partition coefficient (Wildman–Crippen LogP) is 3.53. The molecule has 1 heterocycles. The molecular formula is C26H35N3O4. The molecule has 0 saturated heterocycles. The number of amides is 1. The van der Waals surface area contributed by atoms with Crippen LogP contribution in [-0.2, 0) is 25.6 Å². The molecule has 1 aromatic rings. The van der Waals surface area contributed by atoms with Crippen LogP contribution in [0.25, 0.3) is 6.08 Å². The highest BCUT2D eigenvalue weighted by Gasteiger charge is 2.50. The molecule has 4 aliphatic carbocycles. The van der Waals surface area contributed by atoms with Crippen molar-refractivity contribution in [1.29, 1.82) is 5.26 Å². The number of nitrogens with zero attached hydrogens (tertiary/aromatic N) is 2. The van der Waals surface area contributed by atoms with Crippen molar-refractivity contribution in [3.8, 4) is 6.07 Å². The second-order valence-corrected chi connectivity index (χ2v) is 10.4. The van der Waals surface area contributed by atoms with E-state index in [4.69, 9.17) is 9.47 Å². The lowest BCUT2D eigenvalue weighted by Gasteiger charge is -2.56. The van der Waals surface area contributed by atoms with Crippen LogP contribution < -0.4 is 5.32 Å². The van der Waals surface area contributed by atoms with E-state index in [2.05, 4.69) is 9.88 Å². The Morgan fingerprint density at radius 1 is 1.21 bits per heavy atom. The molecule has 0 atom stereocenters. The Hall–Kier alpha value is -2.59. The molecular weight excluding hydrogens is 418 g/mol. The summed E-state index contributed by atoms with van der Waals surface area (Å²) in [5, 5.41) is 12.5. The first-order chi connectivity index (χ1) is 15.8. The van der Waals surface area contributed by atoms with E-state index in [1.165, 1.54) is 44.6 Å². The van der Waals surface area contributed by atoms with Gasteiger partial charge in [0.2, 0.25) is 0 Å². The van der Waals surface area contributed by atoms with Gasteiger partial charge in [0.25, 0.3) is 5.91 Å². The van der Waals surface area contributed by atoms with Gasteiger partial charge in [-0.05, 0) is 93.2 Å². The van der Waals surface area contributed by atoms with E-state index >= 15 is 0 Å². The van der Waals surface area contributed by atoms with Gasteiger partial charge in [-0.1, -0.05) is 0 Å². The normalized spacial score (nSPS) is 27.9. The van der Waals surface area contributed by atoms with Crippen LogP contribution in [0, 0.1) is 48.3 Å². The third-order valence-electron chi connectivity index (χ3n) is 7.93. The topological polar surface area (TPSA) is 93.3 Å². The highest BCUT2D eigenvalue weighted by molar-refractivity contribution is 5.99. The third kappa shape index (κ3) is 5.16. The number of hydrogen-bond donors (Lipinski definition) is 1. The van der Waals surface area contributed by atoms with Gasteiger partial charge >= 0.3 is 5.97 Å². The molecule has 178 valence electrons. The van der Waals surface area contributed by atoms with Crippen LogP contribution in [0.15, 0.2) is 11.6 Å². The van der Waals surface area contributed by atoms with Crippen LogP contribution in [0.2, 0.25) is 0 Å². The number of rotatable bonds is 9. The Kier molecular flexibility index (Phi) is 6.94. The molecule has 0 aliphatic heterocycles. The van der Waals surface area contributed by atoms with E-state index in [-0.39, 0.29) is 23.5 Å². The molecule has 4 fully saturated rings. The molecule has 4 saturated carbocycles. The van der Waals surface area contributed by atoms with E-state index in [0.717, 1.165) is 34.7 Å². The summed E-state index contributed by atoms with van der Waals surface area (Å²) in [5.41, 5.74) is 2.86. The molecule has 33 heavy (non-hydrogen) atoms. The maximum absolute atomic E-state index is 12.5. The summed E-state index contributed by atoms with van der Waals surface area (Å²) in [6.45, 7) is 5.48. The zero-order valence-corrected chi connectivity index (χ0v) is 20.0. The highest BCUT2D eigenvalue weighted by Crippen LogP contribution is 2.59. The van der Waals surface area contributed by atoms with Gasteiger partial charge in [-0.15, -0.1) is 0 Å². The minimum Gasteiger partial charge on any atom is -0.451 e. The van der Waals surface area contributed by atoms with Crippen LogP contribution in [0.4, 0.5) is 0 Å². The number of aromatic nitrogens is 1. The first-order valence-electron chi connectivity index (χ1n) is 12.0. The second kappa shape index (κ2) is 9.72. The molecule has 7 heteroatoms. The van der Waals surface area contributed by atoms with Crippen LogP contribution in [0.3, 0.4) is 0 Å². The number of carbonyl (C=O) groups excluding carboxylic acids is 2. The van der Waals surface area contributed by atoms with E-state index in [1.54, 1.807) is 7.11 Å². The minimum absolute atomic E-state index is 0.115. The number of hydrogen-bond acceptors (Lipinski definition) is 5. The number of methoxy groups -OCH3 is 1. The van der Waals surface area contributed by atoms with Crippen LogP contribution in [0.5, 0.6) is 0 Å². The summed E-state index contributed by atoms with van der Waals surface area (Å²) in [6, 6.07) is 3.84. The Morgan fingerprint density at radius 3 is 2.42 bits per heavy atom. The number of esters is 1. The summed E-state index contributed by atoms with van der Waals surface area (Å²) in [4.78, 5) is 24.9. The van der Waals surface area contributed by atoms with Crippen LogP contribution in [-0.4, -0.2) is 43.3 Å². The summed E-state index contributed by atoms with van der Waals surface area (Å²) in [6.07, 6.45) is 9.26. The van der Waals surface area contributed by atoms with Gasteiger partial charge in [0.15, 0.2) is 6.61 Å². The van der Waals surface area contributed by atoms with Gasteiger partial charge in [0.05, 0.1) is 6.61 Å². The Morgan fingerprint density at radius 2 is 1.85 bits per heavy atom. The number of nitriles is 1. The minimum atomic E-state index is -0.774. The molecule has 0 unspecified atom stereocenters. The fraction of sp³-hybridized carbons (Fsp3) is 0.654. The largest absolute Gasteiger partial charge is 0.451 e. The predicted molar refractivity (Wildman–Crippen MR) is 124 cm³/mol. The van der Waals surface area contributed by atoms with E-state index in [9.17, 15) is 14.9 Å². The fourth-order valence-corrected chi connectivity index (χ4v) is 6.85. The van der Waals surface area contributed by atoms with Gasteiger partial charge in [-0.25, -0.2) is 4.79 Å². The molecule has 7 nitrogen and oxygen atoms in total. The van der Waals surface area contributed by atoms with Gasteiger partial charge < -0.3 is 19.4 Å². The van der Waals surface area contributed by atoms with Crippen molar-refractivity contribution >= 4 is 18.0 Å². The fourth-order valence-electron chi connectivity index (χ4n) is 6.85. The Bertz CT molecular complexity index is 949. The maximum atomic E-state index is 12.5. The standard InChI is InChI=1S/C26H35N3O4/c1-17-6-22(18(2)29(17)4-5-32-3)10-23(14-27)25(31)33-15-24(30)28-16-26-11-19-7-20(12-26)9-21(8-19)13-26/h6,10,19-21H,4-5,7-9,11-13,15-16H2,1-3H3,(H,28,30). The summed E-state index contributed by atoms with van der Waals surface area (Å²) in [5.74, 6) is 1.40. The summed E-state index contributed by atoms with van der Waals surface area (Å²) >= 11 is 0. The summed E-state index contributed by atoms with van der Waals surface area (Å²) in [7, 11) is 1.65. The van der Waals surface area contributed by atoms with E-state index in [1.807, 2.05) is 26.0 Å². The molecule has 4 aliphatic rings. The SMILES string of the molecule is COCCn1c(C)cc(C=C(C#N)C(=O)OCC(=O)NCC23CC4CC(CC(C4)C2)C3)c1C. The average molecular weight is 454 g/mol. The van der Waals surface area contributed by atoms with Crippen molar-refractivity contribution in [3.05, 3.63) is 28.6 Å². The van der Waals surface area contributed by atoms with Gasteiger partial charge in [-0.3, -0.25) is 4.79 Å². The first-order valence-corrected chi connectivity index (χ1v) is 12.0. The average Bonchev–Trinajstić information content (AvgIpc) is 3.04. The molecule has 1 amide bonds. The molecule has 5 rings (SSSR count). The summed E-state index contributed by atoms with van der Waals surface area (Å²) < 4.78 is 12.4. The molecule has 0 radical (unpaired) electrons. The number of aryl methyl sites for hydroxylation is 1. The van der Waals surface area contributed by atoms with Crippen LogP contribution in [0.1, 0.15) is 55.5 Å². The first kappa shape index (κ1) is 23.6. The lowest BCUT2D eigenvalue weighted by Crippen LogP contribution is -2.51. The van der Waals surface area contributed by atoms with Crippen molar-refractivity contribution < 1.29 is 19.1 Å². The van der Waals surface area contributed by atoms with Gasteiger partial charge in [0.1, 0.15) is 11.6 Å². The van der Waals surface area contributed by atoms with Crippen molar-refractivity contribution in [1.82, 2.24) is 9.88 Å². The van der Waals surface area contributed by atoms with E-state index in [0.29, 0.717) is 19.7 Å². The third-order valence-corrected chi connectivity index (χ3v) is 7.93. The maximum Gasteiger partial charge on any atom is 0.349 e. The zero-order chi connectivity index (χ0) is 23.6. The van der Waals surface area contributed by atoms with Crippen molar-refractivity contribution in [2.75, 3.05) is 26.9 Å². The molecule has 1 aromatic heterocycles. The lowest BCUT2D eigenvalue weighted by molar-refractivity contribution is -0.144.